The number of nitrogens with zero attached hydrogens (tertiary/aromatic N) is 1. The number of amides is 1. The summed E-state index contributed by atoms with van der Waals surface area (Å²) in [6.45, 7) is 5.00. The van der Waals surface area contributed by atoms with E-state index < -0.39 is 10.0 Å². The Morgan fingerprint density at radius 2 is 2.07 bits per heavy atom. The number of ether oxygens (including phenoxy) is 1. The second-order valence-electron chi connectivity index (χ2n) is 7.85. The van der Waals surface area contributed by atoms with Crippen LogP contribution in [0.1, 0.15) is 42.8 Å². The first-order chi connectivity index (χ1) is 14.3. The van der Waals surface area contributed by atoms with Crippen molar-refractivity contribution < 1.29 is 22.4 Å². The quantitative estimate of drug-likeness (QED) is 0.688. The first-order valence-electron chi connectivity index (χ1n) is 10.3. The lowest BCUT2D eigenvalue weighted by Crippen LogP contribution is -2.40. The Morgan fingerprint density at radius 1 is 1.27 bits per heavy atom. The number of furan rings is 1. The summed E-state index contributed by atoms with van der Waals surface area (Å²) in [6.07, 6.45) is 2.72. The molecule has 1 aliphatic heterocycles. The SMILES string of the molecule is COc1ccc(C)cc1S(=O)(=O)N1CCCC(CCC(=O)NCc2ccc(C)o2)C1. The second kappa shape index (κ2) is 9.66. The highest BCUT2D eigenvalue weighted by molar-refractivity contribution is 7.89. The molecule has 0 aliphatic carbocycles. The highest BCUT2D eigenvalue weighted by Gasteiger charge is 2.32. The number of aryl methyl sites for hydroxylation is 2. The second-order valence-corrected chi connectivity index (χ2v) is 9.76. The summed E-state index contributed by atoms with van der Waals surface area (Å²) < 4.78 is 38.7. The van der Waals surface area contributed by atoms with Gasteiger partial charge < -0.3 is 14.5 Å². The molecular formula is C22H30N2O5S. The monoisotopic (exact) mass is 434 g/mol. The van der Waals surface area contributed by atoms with Crippen molar-refractivity contribution in [3.05, 3.63) is 47.4 Å². The highest BCUT2D eigenvalue weighted by atomic mass is 32.2. The van der Waals surface area contributed by atoms with Gasteiger partial charge in [-0.2, -0.15) is 4.31 Å². The van der Waals surface area contributed by atoms with Crippen LogP contribution in [0.5, 0.6) is 5.75 Å². The minimum absolute atomic E-state index is 0.0515. The van der Waals surface area contributed by atoms with E-state index in [9.17, 15) is 13.2 Å². The number of methoxy groups -OCH3 is 1. The molecule has 7 nitrogen and oxygen atoms in total. The molecule has 0 bridgehead atoms. The summed E-state index contributed by atoms with van der Waals surface area (Å²) in [5, 5.41) is 2.86. The third-order valence-electron chi connectivity index (χ3n) is 5.45. The van der Waals surface area contributed by atoms with Gasteiger partial charge in [-0.1, -0.05) is 6.07 Å². The third-order valence-corrected chi connectivity index (χ3v) is 7.34. The van der Waals surface area contributed by atoms with Crippen LogP contribution in [0.4, 0.5) is 0 Å². The van der Waals surface area contributed by atoms with Crippen LogP contribution in [-0.4, -0.2) is 38.8 Å². The molecule has 0 spiro atoms. The molecular weight excluding hydrogens is 404 g/mol. The Balaban J connectivity index is 1.57. The molecule has 1 aliphatic rings. The fourth-order valence-electron chi connectivity index (χ4n) is 3.79. The Labute approximate surface area is 178 Å². The first kappa shape index (κ1) is 22.4. The van der Waals surface area contributed by atoms with E-state index in [-0.39, 0.29) is 16.7 Å². The molecule has 2 heterocycles. The topological polar surface area (TPSA) is 88.9 Å². The summed E-state index contributed by atoms with van der Waals surface area (Å²) in [6, 6.07) is 8.89. The zero-order chi connectivity index (χ0) is 21.7. The summed E-state index contributed by atoms with van der Waals surface area (Å²) in [5.74, 6) is 2.00. The normalized spacial score (nSPS) is 17.6. The van der Waals surface area contributed by atoms with Crippen LogP contribution in [0.25, 0.3) is 0 Å². The van der Waals surface area contributed by atoms with Gasteiger partial charge in [-0.3, -0.25) is 4.79 Å². The fraction of sp³-hybridized carbons (Fsp3) is 0.500. The van der Waals surface area contributed by atoms with Gasteiger partial charge in [-0.05, 0) is 68.9 Å². The number of carbonyl (C=O) groups is 1. The average molecular weight is 435 g/mol. The Morgan fingerprint density at radius 3 is 2.77 bits per heavy atom. The van der Waals surface area contributed by atoms with E-state index in [2.05, 4.69) is 5.32 Å². The lowest BCUT2D eigenvalue weighted by Gasteiger charge is -2.32. The molecule has 1 aromatic carbocycles. The molecule has 1 fully saturated rings. The molecule has 1 unspecified atom stereocenters. The van der Waals surface area contributed by atoms with Crippen molar-refractivity contribution in [3.63, 3.8) is 0 Å². The van der Waals surface area contributed by atoms with Gasteiger partial charge in [0, 0.05) is 19.5 Å². The van der Waals surface area contributed by atoms with Gasteiger partial charge in [-0.25, -0.2) is 8.42 Å². The van der Waals surface area contributed by atoms with E-state index in [4.69, 9.17) is 9.15 Å². The van der Waals surface area contributed by atoms with Crippen molar-refractivity contribution in [3.8, 4) is 5.75 Å². The molecule has 2 aromatic rings. The maximum Gasteiger partial charge on any atom is 0.246 e. The van der Waals surface area contributed by atoms with Crippen molar-refractivity contribution in [1.29, 1.82) is 0 Å². The van der Waals surface area contributed by atoms with Gasteiger partial charge in [-0.15, -0.1) is 0 Å². The molecule has 30 heavy (non-hydrogen) atoms. The number of rotatable bonds is 8. The van der Waals surface area contributed by atoms with E-state index >= 15 is 0 Å². The van der Waals surface area contributed by atoms with Crippen LogP contribution in [0.3, 0.4) is 0 Å². The van der Waals surface area contributed by atoms with Crippen molar-refractivity contribution in [2.24, 2.45) is 5.92 Å². The molecule has 1 saturated heterocycles. The minimum Gasteiger partial charge on any atom is -0.495 e. The number of hydrogen-bond acceptors (Lipinski definition) is 5. The predicted octanol–water partition coefficient (Wildman–Crippen LogP) is 3.40. The lowest BCUT2D eigenvalue weighted by atomic mass is 9.94. The van der Waals surface area contributed by atoms with Gasteiger partial charge in [0.2, 0.25) is 15.9 Å². The van der Waals surface area contributed by atoms with Gasteiger partial charge in [0.05, 0.1) is 13.7 Å². The number of nitrogens with one attached hydrogen (secondary N) is 1. The number of sulfonamides is 1. The molecule has 1 amide bonds. The van der Waals surface area contributed by atoms with Crippen molar-refractivity contribution >= 4 is 15.9 Å². The largest absolute Gasteiger partial charge is 0.495 e. The Kier molecular flexibility index (Phi) is 7.20. The first-order valence-corrected chi connectivity index (χ1v) is 11.7. The lowest BCUT2D eigenvalue weighted by molar-refractivity contribution is -0.121. The van der Waals surface area contributed by atoms with E-state index in [0.29, 0.717) is 38.2 Å². The number of hydrogen-bond donors (Lipinski definition) is 1. The number of carbonyl (C=O) groups excluding carboxylic acids is 1. The number of piperidine rings is 1. The van der Waals surface area contributed by atoms with E-state index in [0.717, 1.165) is 29.9 Å². The Hall–Kier alpha value is -2.32. The smallest absolute Gasteiger partial charge is 0.246 e. The van der Waals surface area contributed by atoms with E-state index in [1.54, 1.807) is 12.1 Å². The standard InChI is InChI=1S/C22H30N2O5S/c1-16-6-10-20(28-3)21(13-16)30(26,27)24-12-4-5-18(15-24)8-11-22(25)23-14-19-9-7-17(2)29-19/h6-7,9-10,13,18H,4-5,8,11-12,14-15H2,1-3H3,(H,23,25). The number of benzene rings is 1. The summed E-state index contributed by atoms with van der Waals surface area (Å²) in [4.78, 5) is 12.4. The van der Waals surface area contributed by atoms with Gasteiger partial charge in [0.1, 0.15) is 22.2 Å². The molecule has 8 heteroatoms. The summed E-state index contributed by atoms with van der Waals surface area (Å²) >= 11 is 0. The maximum absolute atomic E-state index is 13.2. The molecule has 1 aromatic heterocycles. The average Bonchev–Trinajstić information content (AvgIpc) is 3.16. The van der Waals surface area contributed by atoms with Crippen LogP contribution in [0.15, 0.2) is 39.6 Å². The third kappa shape index (κ3) is 5.43. The van der Waals surface area contributed by atoms with Gasteiger partial charge in [0.15, 0.2) is 0 Å². The minimum atomic E-state index is -3.65. The zero-order valence-electron chi connectivity index (χ0n) is 17.8. The molecule has 0 saturated carbocycles. The van der Waals surface area contributed by atoms with Gasteiger partial charge >= 0.3 is 0 Å². The molecule has 1 atom stereocenters. The molecule has 164 valence electrons. The van der Waals surface area contributed by atoms with Crippen molar-refractivity contribution in [2.45, 2.75) is 51.0 Å². The van der Waals surface area contributed by atoms with Crippen LogP contribution in [0, 0.1) is 19.8 Å². The van der Waals surface area contributed by atoms with Crippen LogP contribution < -0.4 is 10.1 Å². The summed E-state index contributed by atoms with van der Waals surface area (Å²) in [7, 11) is -2.17. The Bertz CT molecular complexity index is 983. The highest BCUT2D eigenvalue weighted by Crippen LogP contribution is 2.31. The van der Waals surface area contributed by atoms with Gasteiger partial charge in [0.25, 0.3) is 0 Å². The van der Waals surface area contributed by atoms with Crippen LogP contribution >= 0.6 is 0 Å². The van der Waals surface area contributed by atoms with Crippen LogP contribution in [0.2, 0.25) is 0 Å². The summed E-state index contributed by atoms with van der Waals surface area (Å²) in [5.41, 5.74) is 0.867. The van der Waals surface area contributed by atoms with Crippen LogP contribution in [-0.2, 0) is 21.4 Å². The fourth-order valence-corrected chi connectivity index (χ4v) is 5.59. The molecule has 0 radical (unpaired) electrons. The molecule has 1 N–H and O–H groups in total. The maximum atomic E-state index is 13.2. The van der Waals surface area contributed by atoms with E-state index in [1.165, 1.54) is 11.4 Å². The van der Waals surface area contributed by atoms with Crippen molar-refractivity contribution in [2.75, 3.05) is 20.2 Å². The molecule has 3 rings (SSSR count). The van der Waals surface area contributed by atoms with Crippen molar-refractivity contribution in [1.82, 2.24) is 9.62 Å². The zero-order valence-corrected chi connectivity index (χ0v) is 18.6. The van der Waals surface area contributed by atoms with E-state index in [1.807, 2.05) is 32.0 Å². The predicted molar refractivity (Wildman–Crippen MR) is 114 cm³/mol.